The molecule has 5 heteroatoms. The average Bonchev–Trinajstić information content (AvgIpc) is 2.51. The van der Waals surface area contributed by atoms with E-state index in [0.717, 1.165) is 23.6 Å². The number of aliphatic hydroxyl groups is 1. The van der Waals surface area contributed by atoms with Crippen LogP contribution in [0.5, 0.6) is 11.5 Å². The zero-order valence-corrected chi connectivity index (χ0v) is 16.1. The molecule has 1 rings (SSSR count). The second kappa shape index (κ2) is 9.25. The summed E-state index contributed by atoms with van der Waals surface area (Å²) in [6, 6.07) is 6.22. The highest BCUT2D eigenvalue weighted by molar-refractivity contribution is 5.42. The molecule has 0 bridgehead atoms. The molecule has 0 amide bonds. The number of aliphatic hydroxyl groups excluding tert-OH is 1. The lowest BCUT2D eigenvalue weighted by molar-refractivity contribution is -0.0587. The van der Waals surface area contributed by atoms with Gasteiger partial charge in [0.2, 0.25) is 0 Å². The minimum absolute atomic E-state index is 0.243. The molecule has 0 radical (unpaired) electrons. The van der Waals surface area contributed by atoms with Crippen molar-refractivity contribution in [3.05, 3.63) is 23.8 Å². The molecule has 0 aromatic heterocycles. The fourth-order valence-electron chi connectivity index (χ4n) is 2.34. The van der Waals surface area contributed by atoms with Gasteiger partial charge in [0.15, 0.2) is 11.5 Å². The van der Waals surface area contributed by atoms with Gasteiger partial charge >= 0.3 is 0 Å². The quantitative estimate of drug-likeness (QED) is 0.749. The molecule has 0 fully saturated rings. The number of hydrogen-bond donors (Lipinski definition) is 1. The van der Waals surface area contributed by atoms with Crippen molar-refractivity contribution < 1.29 is 19.3 Å². The molecule has 0 aliphatic rings. The molecule has 0 saturated heterocycles. The first-order valence-electron chi connectivity index (χ1n) is 8.43. The zero-order chi connectivity index (χ0) is 18.3. The Morgan fingerprint density at radius 1 is 1.08 bits per heavy atom. The van der Waals surface area contributed by atoms with Crippen LogP contribution >= 0.6 is 0 Å². The number of rotatable bonds is 9. The molecule has 1 N–H and O–H groups in total. The van der Waals surface area contributed by atoms with E-state index in [-0.39, 0.29) is 5.60 Å². The molecule has 138 valence electrons. The van der Waals surface area contributed by atoms with E-state index in [9.17, 15) is 5.11 Å². The first-order valence-corrected chi connectivity index (χ1v) is 8.43. The van der Waals surface area contributed by atoms with Crippen LogP contribution in [0.2, 0.25) is 0 Å². The molecule has 24 heavy (non-hydrogen) atoms. The van der Waals surface area contributed by atoms with Crippen LogP contribution in [0, 0.1) is 0 Å². The molecule has 0 unspecified atom stereocenters. The van der Waals surface area contributed by atoms with Crippen LogP contribution < -0.4 is 9.47 Å². The normalized spacial score (nSPS) is 13.4. The van der Waals surface area contributed by atoms with Crippen molar-refractivity contribution in [2.45, 2.75) is 58.9 Å². The molecule has 0 aliphatic heterocycles. The van der Waals surface area contributed by atoms with Gasteiger partial charge < -0.3 is 19.3 Å². The lowest BCUT2D eigenvalue weighted by Gasteiger charge is -2.30. The monoisotopic (exact) mass is 339 g/mol. The second-order valence-electron chi connectivity index (χ2n) is 7.29. The number of methoxy groups -OCH3 is 2. The van der Waals surface area contributed by atoms with Crippen molar-refractivity contribution in [3.63, 3.8) is 0 Å². The van der Waals surface area contributed by atoms with E-state index in [4.69, 9.17) is 14.2 Å². The Morgan fingerprint density at radius 2 is 1.71 bits per heavy atom. The van der Waals surface area contributed by atoms with E-state index < -0.39 is 6.10 Å². The fraction of sp³-hybridized carbons (Fsp3) is 0.684. The summed E-state index contributed by atoms with van der Waals surface area (Å²) in [5.41, 5.74) is 0.873. The Morgan fingerprint density at radius 3 is 2.21 bits per heavy atom. The van der Waals surface area contributed by atoms with E-state index in [2.05, 4.69) is 18.7 Å². The van der Waals surface area contributed by atoms with Crippen molar-refractivity contribution in [1.29, 1.82) is 0 Å². The van der Waals surface area contributed by atoms with E-state index in [0.29, 0.717) is 19.2 Å². The molecule has 0 saturated carbocycles. The van der Waals surface area contributed by atoms with Gasteiger partial charge in [-0.1, -0.05) is 6.07 Å². The summed E-state index contributed by atoms with van der Waals surface area (Å²) in [6.07, 6.45) is -0.522. The summed E-state index contributed by atoms with van der Waals surface area (Å²) >= 11 is 0. The highest BCUT2D eigenvalue weighted by Crippen LogP contribution is 2.28. The third-order valence-corrected chi connectivity index (χ3v) is 3.72. The Hall–Kier alpha value is -1.30. The van der Waals surface area contributed by atoms with E-state index in [1.54, 1.807) is 14.2 Å². The summed E-state index contributed by atoms with van der Waals surface area (Å²) < 4.78 is 16.3. The Balaban J connectivity index is 2.72. The van der Waals surface area contributed by atoms with Crippen molar-refractivity contribution >= 4 is 0 Å². The lowest BCUT2D eigenvalue weighted by Crippen LogP contribution is -2.40. The van der Waals surface area contributed by atoms with Gasteiger partial charge in [0.1, 0.15) is 0 Å². The maximum atomic E-state index is 10.3. The predicted molar refractivity (Wildman–Crippen MR) is 96.8 cm³/mol. The average molecular weight is 339 g/mol. The van der Waals surface area contributed by atoms with Gasteiger partial charge in [0.05, 0.1) is 32.5 Å². The largest absolute Gasteiger partial charge is 0.493 e. The van der Waals surface area contributed by atoms with Crippen molar-refractivity contribution in [2.75, 3.05) is 27.4 Å². The van der Waals surface area contributed by atoms with Crippen molar-refractivity contribution in [1.82, 2.24) is 4.90 Å². The summed E-state index contributed by atoms with van der Waals surface area (Å²) in [6.45, 7) is 11.8. The fourth-order valence-corrected chi connectivity index (χ4v) is 2.34. The summed E-state index contributed by atoms with van der Waals surface area (Å²) in [5.74, 6) is 1.44. The second-order valence-corrected chi connectivity index (χ2v) is 7.29. The standard InChI is InChI=1S/C19H33NO4/c1-14(2)20(12-16(21)13-24-19(3,4)5)11-15-8-9-17(22-6)18(10-15)23-7/h8-10,14,16,21H,11-13H2,1-7H3/t16-/m0/s1. The first kappa shape index (κ1) is 20.7. The SMILES string of the molecule is COc1ccc(CN(C[C@H](O)COC(C)(C)C)C(C)C)cc1OC. The van der Waals surface area contributed by atoms with E-state index in [1.807, 2.05) is 39.0 Å². The zero-order valence-electron chi connectivity index (χ0n) is 16.1. The van der Waals surface area contributed by atoms with Crippen LogP contribution in [0.3, 0.4) is 0 Å². The minimum Gasteiger partial charge on any atom is -0.493 e. The van der Waals surface area contributed by atoms with Crippen molar-refractivity contribution in [3.8, 4) is 11.5 Å². The summed E-state index contributed by atoms with van der Waals surface area (Å²) in [5, 5.41) is 10.3. The number of ether oxygens (including phenoxy) is 3. The van der Waals surface area contributed by atoms with Gasteiger partial charge in [-0.05, 0) is 52.3 Å². The molecule has 1 aromatic carbocycles. The summed E-state index contributed by atoms with van der Waals surface area (Å²) in [4.78, 5) is 2.22. The van der Waals surface area contributed by atoms with Crippen LogP contribution in [0.25, 0.3) is 0 Å². The third-order valence-electron chi connectivity index (χ3n) is 3.72. The minimum atomic E-state index is -0.522. The van der Waals surface area contributed by atoms with Crippen LogP contribution in [0.15, 0.2) is 18.2 Å². The Labute approximate surface area is 146 Å². The molecule has 5 nitrogen and oxygen atoms in total. The molecular weight excluding hydrogens is 306 g/mol. The van der Waals surface area contributed by atoms with Gasteiger partial charge in [0.25, 0.3) is 0 Å². The molecule has 0 heterocycles. The lowest BCUT2D eigenvalue weighted by atomic mass is 10.1. The Bertz CT molecular complexity index is 497. The van der Waals surface area contributed by atoms with E-state index in [1.165, 1.54) is 0 Å². The van der Waals surface area contributed by atoms with Crippen LogP contribution in [-0.2, 0) is 11.3 Å². The Kier molecular flexibility index (Phi) is 8.00. The predicted octanol–water partition coefficient (Wildman–Crippen LogP) is 3.09. The van der Waals surface area contributed by atoms with Gasteiger partial charge in [-0.15, -0.1) is 0 Å². The maximum absolute atomic E-state index is 10.3. The molecule has 0 aliphatic carbocycles. The summed E-state index contributed by atoms with van der Waals surface area (Å²) in [7, 11) is 3.26. The topological polar surface area (TPSA) is 51.2 Å². The maximum Gasteiger partial charge on any atom is 0.161 e. The van der Waals surface area contributed by atoms with E-state index >= 15 is 0 Å². The highest BCUT2D eigenvalue weighted by Gasteiger charge is 2.19. The highest BCUT2D eigenvalue weighted by atomic mass is 16.5. The van der Waals surface area contributed by atoms with Crippen LogP contribution in [-0.4, -0.2) is 55.1 Å². The van der Waals surface area contributed by atoms with Gasteiger partial charge in [-0.25, -0.2) is 0 Å². The molecule has 1 atom stereocenters. The van der Waals surface area contributed by atoms with Crippen LogP contribution in [0.1, 0.15) is 40.2 Å². The molecule has 1 aromatic rings. The molecular formula is C19H33NO4. The first-order chi connectivity index (χ1) is 11.2. The number of hydrogen-bond acceptors (Lipinski definition) is 5. The number of nitrogens with zero attached hydrogens (tertiary/aromatic N) is 1. The van der Waals surface area contributed by atoms with Gasteiger partial charge in [-0.3, -0.25) is 4.90 Å². The number of benzene rings is 1. The van der Waals surface area contributed by atoms with Gasteiger partial charge in [0, 0.05) is 19.1 Å². The third kappa shape index (κ3) is 7.07. The molecule has 0 spiro atoms. The van der Waals surface area contributed by atoms with Gasteiger partial charge in [-0.2, -0.15) is 0 Å². The van der Waals surface area contributed by atoms with Crippen LogP contribution in [0.4, 0.5) is 0 Å². The smallest absolute Gasteiger partial charge is 0.161 e. The van der Waals surface area contributed by atoms with Crippen molar-refractivity contribution in [2.24, 2.45) is 0 Å².